The van der Waals surface area contributed by atoms with Crippen LogP contribution in [-0.2, 0) is 20.1 Å². The smallest absolute Gasteiger partial charge is 0.145 e. The van der Waals surface area contributed by atoms with Gasteiger partial charge in [-0.1, -0.05) is 26.2 Å². The number of benzene rings is 1. The largest absolute Gasteiger partial charge is 0.487 e. The van der Waals surface area contributed by atoms with Gasteiger partial charge < -0.3 is 29.4 Å². The van der Waals surface area contributed by atoms with E-state index in [2.05, 4.69) is 93.9 Å². The molecule has 6 aromatic rings. The average Bonchev–Trinajstić information content (AvgIpc) is 3.89. The van der Waals surface area contributed by atoms with Crippen LogP contribution in [0, 0.1) is 38.2 Å². The third-order valence-electron chi connectivity index (χ3n) is 8.77. The fourth-order valence-electron chi connectivity index (χ4n) is 6.16. The Morgan fingerprint density at radius 1 is 0.556 bits per heavy atom. The van der Waals surface area contributed by atoms with Crippen LogP contribution in [0.25, 0.3) is 0 Å². The average molecular weight is 893 g/mol. The molecular weight excluding hydrogens is 857 g/mol. The molecule has 5 aromatic heterocycles. The van der Waals surface area contributed by atoms with Crippen molar-refractivity contribution in [3.63, 3.8) is 0 Å². The van der Waals surface area contributed by atoms with Crippen molar-refractivity contribution in [2.45, 2.75) is 32.6 Å². The van der Waals surface area contributed by atoms with E-state index < -0.39 is 0 Å². The van der Waals surface area contributed by atoms with Gasteiger partial charge in [0.15, 0.2) is 0 Å². The van der Waals surface area contributed by atoms with E-state index in [0.29, 0.717) is 17.6 Å². The van der Waals surface area contributed by atoms with Gasteiger partial charge in [0, 0.05) is 68.9 Å². The maximum atomic E-state index is 4.54. The van der Waals surface area contributed by atoms with Crippen LogP contribution in [0.15, 0.2) is 92.0 Å². The summed E-state index contributed by atoms with van der Waals surface area (Å²) in [5, 5.41) is 0. The standard InChI is InChI=1S/C24H20N10.C15H16N4.Ir/c1-3-9-25-19(7-1)33-17-31(21-23(33)29-13-11-27-21)15-5-6-16-32-18-34(20-8-2-4-10-26-20)24-22(32)28-12-14-30-24;1-11(2)12-5-4-6-13(9-12)19-10-18(3)14-15(19)17-8-7-16-14;/h1-4,9-14,17-18H,5-6,15-16H2;4-5,7-11H,1-3H3;/q-4;-2;. The van der Waals surface area contributed by atoms with Crippen LogP contribution < -0.4 is 29.4 Å². The summed E-state index contributed by atoms with van der Waals surface area (Å²) in [6.45, 7) is 11.9. The van der Waals surface area contributed by atoms with E-state index in [0.717, 1.165) is 66.5 Å². The topological polar surface area (TPSA) is 123 Å². The molecule has 277 valence electrons. The molecular formula is C39H36IrN14-6. The number of hydrogen-bond donors (Lipinski definition) is 0. The summed E-state index contributed by atoms with van der Waals surface area (Å²) in [4.78, 5) is 47.7. The first kappa shape index (κ1) is 36.6. The second kappa shape index (κ2) is 16.5. The van der Waals surface area contributed by atoms with Crippen molar-refractivity contribution in [3.8, 4) is 0 Å². The summed E-state index contributed by atoms with van der Waals surface area (Å²) >= 11 is 0. The minimum absolute atomic E-state index is 0. The SMILES string of the molecule is CC(C)c1cc[c-]c(N2[CH-]N(C)c3nccnc32)c1.[Ir].[c-]1cccnc1N1[CH-]N(CCCCN2[CH-]N(c3[c-]cccn3)c3nccnc32)c2nccnc21. The quantitative estimate of drug-likeness (QED) is 0.118. The molecule has 9 rings (SSSR count). The zero-order chi connectivity index (χ0) is 36.1. The molecule has 1 aromatic carbocycles. The van der Waals surface area contributed by atoms with E-state index in [9.17, 15) is 0 Å². The van der Waals surface area contributed by atoms with Crippen LogP contribution in [-0.4, -0.2) is 60.0 Å². The van der Waals surface area contributed by atoms with Gasteiger partial charge in [0.2, 0.25) is 0 Å². The predicted molar refractivity (Wildman–Crippen MR) is 203 cm³/mol. The van der Waals surface area contributed by atoms with Gasteiger partial charge in [-0.2, -0.15) is 35.9 Å². The first-order valence-electron chi connectivity index (χ1n) is 17.3. The Balaban J connectivity index is 0.000000191. The summed E-state index contributed by atoms with van der Waals surface area (Å²) in [5.41, 5.74) is 2.29. The van der Waals surface area contributed by atoms with Gasteiger partial charge in [0.1, 0.15) is 34.9 Å². The number of anilines is 9. The summed E-state index contributed by atoms with van der Waals surface area (Å²) in [6.07, 6.45) is 15.6. The van der Waals surface area contributed by atoms with Crippen LogP contribution in [0.1, 0.15) is 38.2 Å². The molecule has 0 aliphatic carbocycles. The van der Waals surface area contributed by atoms with Crippen molar-refractivity contribution in [2.24, 2.45) is 0 Å². The Morgan fingerprint density at radius 3 is 1.52 bits per heavy atom. The molecule has 14 nitrogen and oxygen atoms in total. The van der Waals surface area contributed by atoms with Gasteiger partial charge in [0.05, 0.1) is 0 Å². The third kappa shape index (κ3) is 7.50. The van der Waals surface area contributed by atoms with E-state index in [4.69, 9.17) is 0 Å². The molecule has 15 heteroatoms. The Hall–Kier alpha value is -5.79. The molecule has 0 unspecified atom stereocenters. The Morgan fingerprint density at radius 2 is 1.04 bits per heavy atom. The minimum atomic E-state index is 0. The summed E-state index contributed by atoms with van der Waals surface area (Å²) < 4.78 is 0. The molecule has 0 fully saturated rings. The monoisotopic (exact) mass is 893 g/mol. The molecule has 0 spiro atoms. The molecule has 0 atom stereocenters. The Bertz CT molecular complexity index is 2040. The number of hydrogen-bond acceptors (Lipinski definition) is 14. The fourth-order valence-corrected chi connectivity index (χ4v) is 6.16. The van der Waals surface area contributed by atoms with Crippen molar-refractivity contribution in [1.82, 2.24) is 39.9 Å². The molecule has 3 aliphatic rings. The normalized spacial score (nSPS) is 14.1. The molecule has 8 heterocycles. The zero-order valence-corrected chi connectivity index (χ0v) is 32.3. The van der Waals surface area contributed by atoms with Crippen LogP contribution in [0.3, 0.4) is 0 Å². The number of nitrogens with zero attached hydrogens (tertiary/aromatic N) is 14. The number of rotatable bonds is 9. The molecule has 0 saturated carbocycles. The number of aromatic nitrogens is 8. The zero-order valence-electron chi connectivity index (χ0n) is 29.9. The summed E-state index contributed by atoms with van der Waals surface area (Å²) in [6, 6.07) is 23.2. The van der Waals surface area contributed by atoms with Crippen molar-refractivity contribution >= 4 is 52.2 Å². The van der Waals surface area contributed by atoms with Crippen molar-refractivity contribution in [1.29, 1.82) is 0 Å². The van der Waals surface area contributed by atoms with Crippen molar-refractivity contribution < 1.29 is 20.1 Å². The van der Waals surface area contributed by atoms with Crippen molar-refractivity contribution in [3.05, 3.63) is 136 Å². The van der Waals surface area contributed by atoms with Crippen LogP contribution in [0.5, 0.6) is 0 Å². The molecule has 54 heavy (non-hydrogen) atoms. The van der Waals surface area contributed by atoms with Gasteiger partial charge in [0.25, 0.3) is 0 Å². The predicted octanol–water partition coefficient (Wildman–Crippen LogP) is 6.40. The Labute approximate surface area is 329 Å². The van der Waals surface area contributed by atoms with E-state index in [1.165, 1.54) is 5.56 Å². The minimum Gasteiger partial charge on any atom is -0.487 e. The van der Waals surface area contributed by atoms with Gasteiger partial charge in [-0.15, -0.1) is 31.8 Å². The second-order valence-electron chi connectivity index (χ2n) is 12.6. The molecule has 0 saturated heterocycles. The molecule has 3 aliphatic heterocycles. The number of fused-ring (bicyclic) bond motifs is 3. The maximum absolute atomic E-state index is 4.54. The number of unbranched alkanes of at least 4 members (excludes halogenated alkanes) is 1. The van der Waals surface area contributed by atoms with Gasteiger partial charge >= 0.3 is 0 Å². The van der Waals surface area contributed by atoms with Crippen molar-refractivity contribution in [2.75, 3.05) is 49.5 Å². The second-order valence-corrected chi connectivity index (χ2v) is 12.6. The fraction of sp³-hybridized carbons (Fsp3) is 0.205. The first-order chi connectivity index (χ1) is 26.0. The molecule has 1 radical (unpaired) electrons. The Kier molecular flexibility index (Phi) is 11.2. The van der Waals surface area contributed by atoms with E-state index in [1.54, 1.807) is 49.6 Å². The molecule has 0 N–H and O–H groups in total. The van der Waals surface area contributed by atoms with Gasteiger partial charge in [-0.05, 0) is 38.9 Å². The molecule has 0 bridgehead atoms. The van der Waals surface area contributed by atoms with E-state index in [-0.39, 0.29) is 20.1 Å². The number of pyridine rings is 2. The molecule has 0 amide bonds. The van der Waals surface area contributed by atoms with E-state index >= 15 is 0 Å². The van der Waals surface area contributed by atoms with Crippen LogP contribution in [0.4, 0.5) is 52.2 Å². The first-order valence-corrected chi connectivity index (χ1v) is 17.3. The van der Waals surface area contributed by atoms with Crippen LogP contribution in [0.2, 0.25) is 0 Å². The summed E-state index contributed by atoms with van der Waals surface area (Å²) in [7, 11) is 1.97. The van der Waals surface area contributed by atoms with Gasteiger partial charge in [-0.25, -0.2) is 54.2 Å². The summed E-state index contributed by atoms with van der Waals surface area (Å²) in [5.74, 6) is 6.77. The third-order valence-corrected chi connectivity index (χ3v) is 8.77. The van der Waals surface area contributed by atoms with E-state index in [1.807, 2.05) is 77.0 Å². The van der Waals surface area contributed by atoms with Crippen LogP contribution >= 0.6 is 0 Å². The maximum Gasteiger partial charge on any atom is 0.145 e. The van der Waals surface area contributed by atoms with Gasteiger partial charge in [-0.3, -0.25) is 9.97 Å².